The van der Waals surface area contributed by atoms with E-state index in [0.717, 1.165) is 46.6 Å². The van der Waals surface area contributed by atoms with Crippen LogP contribution in [0.4, 0.5) is 5.69 Å². The third kappa shape index (κ3) is 12.2. The standard InChI is InChI=1S/C52H66ClN7O7S/c1-31(33-13-15-34(16-14-33)43-32(2)56-30-68-43)57-46(64)41-25-38(61)28-60(41)47(65)44(50(3,4)5)58-42(62)29-66-24-12-10-11-23-55-37-20-17-35(18-21-37)45(63)59-48-51(6,7)49(52(48,8)9)67-39-22-19-36(27-54)40(53)26-39/h13-22,26,30-31,38,41,44,48-49,55,61H,10-12,23-25,28-29H2,1-9H3,(H,57,64)(H,58,62)(H,59,63)/t31-,38+,41+,44+,48?,49?/m0/s1. The monoisotopic (exact) mass is 967 g/mol. The van der Waals surface area contributed by atoms with Crippen LogP contribution in [0.25, 0.3) is 10.4 Å². The number of hydrogen-bond acceptors (Lipinski definition) is 11. The number of aliphatic hydroxyl groups is 1. The number of amides is 4. The molecule has 1 aliphatic heterocycles. The third-order valence-electron chi connectivity index (χ3n) is 13.2. The molecule has 364 valence electrons. The van der Waals surface area contributed by atoms with Gasteiger partial charge in [0.25, 0.3) is 5.91 Å². The van der Waals surface area contributed by atoms with Crippen molar-refractivity contribution in [2.24, 2.45) is 16.2 Å². The summed E-state index contributed by atoms with van der Waals surface area (Å²) in [5.41, 5.74) is 5.11. The van der Waals surface area contributed by atoms with Gasteiger partial charge >= 0.3 is 0 Å². The minimum absolute atomic E-state index is 0.0135. The largest absolute Gasteiger partial charge is 0.489 e. The summed E-state index contributed by atoms with van der Waals surface area (Å²) in [5.74, 6) is -0.820. The van der Waals surface area contributed by atoms with Gasteiger partial charge in [0.05, 0.1) is 38.8 Å². The molecule has 2 fully saturated rings. The molecule has 0 radical (unpaired) electrons. The van der Waals surface area contributed by atoms with Crippen LogP contribution in [-0.4, -0.2) is 95.3 Å². The maximum Gasteiger partial charge on any atom is 0.251 e. The van der Waals surface area contributed by atoms with Crippen LogP contribution in [0.15, 0.2) is 72.2 Å². The van der Waals surface area contributed by atoms with Crippen LogP contribution in [0.1, 0.15) is 114 Å². The molecule has 4 amide bonds. The second-order valence-electron chi connectivity index (χ2n) is 20.3. The number of likely N-dealkylation sites (tertiary alicyclic amines) is 1. The van der Waals surface area contributed by atoms with Crippen LogP contribution >= 0.6 is 22.9 Å². The summed E-state index contributed by atoms with van der Waals surface area (Å²) in [7, 11) is 0. The molecule has 0 unspecified atom stereocenters. The van der Waals surface area contributed by atoms with Gasteiger partial charge in [-0.15, -0.1) is 11.3 Å². The molecule has 1 saturated carbocycles. The molecule has 3 aromatic carbocycles. The number of anilines is 1. The number of aryl methyl sites for hydroxylation is 1. The van der Waals surface area contributed by atoms with E-state index in [1.807, 2.05) is 76.5 Å². The summed E-state index contributed by atoms with van der Waals surface area (Å²) < 4.78 is 12.1. The van der Waals surface area contributed by atoms with Crippen molar-refractivity contribution in [3.05, 3.63) is 99.6 Å². The van der Waals surface area contributed by atoms with Crippen LogP contribution in [0, 0.1) is 34.5 Å². The molecule has 68 heavy (non-hydrogen) atoms. The number of aliphatic hydroxyl groups excluding tert-OH is 1. The Balaban J connectivity index is 0.887. The van der Waals surface area contributed by atoms with Crippen LogP contribution in [0.2, 0.25) is 5.02 Å². The Labute approximate surface area is 409 Å². The van der Waals surface area contributed by atoms with E-state index < -0.39 is 35.4 Å². The Morgan fingerprint density at radius 2 is 1.68 bits per heavy atom. The topological polar surface area (TPSA) is 195 Å². The second kappa shape index (κ2) is 21.8. The number of carbonyl (C=O) groups is 4. The fraction of sp³-hybridized carbons (Fsp3) is 0.500. The Morgan fingerprint density at radius 1 is 0.985 bits per heavy atom. The maximum absolute atomic E-state index is 14.1. The number of halogens is 1. The summed E-state index contributed by atoms with van der Waals surface area (Å²) in [5, 5.41) is 32.7. The van der Waals surface area contributed by atoms with E-state index in [9.17, 15) is 29.5 Å². The van der Waals surface area contributed by atoms with Gasteiger partial charge in [0.2, 0.25) is 17.7 Å². The van der Waals surface area contributed by atoms with Crippen LogP contribution < -0.4 is 26.0 Å². The van der Waals surface area contributed by atoms with E-state index in [-0.39, 0.29) is 60.4 Å². The molecule has 0 spiro atoms. The number of ether oxygens (including phenoxy) is 2. The molecular formula is C52H66ClN7O7S. The van der Waals surface area contributed by atoms with E-state index >= 15 is 0 Å². The summed E-state index contributed by atoms with van der Waals surface area (Å²) in [6.07, 6.45) is 1.46. The van der Waals surface area contributed by atoms with Crippen molar-refractivity contribution in [1.29, 1.82) is 5.26 Å². The SMILES string of the molecule is Cc1ncsc1-c1ccc([C@H](C)NC(=O)[C@H]2C[C@@H](O)CN2C(=O)[C@@H](NC(=O)COCCCCCNc2ccc(C(=O)NC3C(C)(C)C(Oc4ccc(C#N)c(Cl)c4)C3(C)C)cc2)C(C)(C)C)cc1. The lowest BCUT2D eigenvalue weighted by molar-refractivity contribution is -0.164. The first-order valence-corrected chi connectivity index (χ1v) is 24.5. The fourth-order valence-electron chi connectivity index (χ4n) is 9.67. The summed E-state index contributed by atoms with van der Waals surface area (Å²) in [6.45, 7) is 18.5. The molecule has 4 atom stereocenters. The Kier molecular flexibility index (Phi) is 16.6. The number of benzene rings is 3. The number of hydrogen-bond donors (Lipinski definition) is 5. The van der Waals surface area contributed by atoms with Gasteiger partial charge in [-0.2, -0.15) is 5.26 Å². The predicted molar refractivity (Wildman–Crippen MR) is 265 cm³/mol. The highest BCUT2D eigenvalue weighted by Gasteiger charge is 2.64. The molecule has 1 aromatic heterocycles. The summed E-state index contributed by atoms with van der Waals surface area (Å²) in [6, 6.07) is 20.1. The molecular weight excluding hydrogens is 902 g/mol. The van der Waals surface area contributed by atoms with Crippen LogP contribution in [0.5, 0.6) is 5.75 Å². The lowest BCUT2D eigenvalue weighted by atomic mass is 9.49. The molecule has 2 aliphatic rings. The van der Waals surface area contributed by atoms with Crippen molar-refractivity contribution in [3.8, 4) is 22.3 Å². The molecule has 14 nitrogen and oxygen atoms in total. The lowest BCUT2D eigenvalue weighted by Gasteiger charge is -2.63. The average Bonchev–Trinajstić information content (AvgIpc) is 3.91. The zero-order valence-electron chi connectivity index (χ0n) is 40.6. The van der Waals surface area contributed by atoms with Crippen LogP contribution in [-0.2, 0) is 19.1 Å². The molecule has 6 rings (SSSR count). The smallest absolute Gasteiger partial charge is 0.251 e. The van der Waals surface area contributed by atoms with Crippen LogP contribution in [0.3, 0.4) is 0 Å². The number of thiazole rings is 1. The van der Waals surface area contributed by atoms with Crippen molar-refractivity contribution >= 4 is 52.3 Å². The molecule has 1 aliphatic carbocycles. The minimum Gasteiger partial charge on any atom is -0.489 e. The lowest BCUT2D eigenvalue weighted by Crippen LogP contribution is -2.74. The van der Waals surface area contributed by atoms with Gasteiger partial charge < -0.3 is 40.7 Å². The highest BCUT2D eigenvalue weighted by molar-refractivity contribution is 7.13. The van der Waals surface area contributed by atoms with E-state index in [2.05, 4.69) is 60.0 Å². The van der Waals surface area contributed by atoms with Gasteiger partial charge in [-0.05, 0) is 86.1 Å². The van der Waals surface area contributed by atoms with Gasteiger partial charge in [-0.25, -0.2) is 4.98 Å². The highest BCUT2D eigenvalue weighted by atomic mass is 35.5. The van der Waals surface area contributed by atoms with Crippen molar-refractivity contribution in [3.63, 3.8) is 0 Å². The molecule has 1 saturated heterocycles. The minimum atomic E-state index is -0.952. The molecule has 0 bridgehead atoms. The number of nitrogens with one attached hydrogen (secondary N) is 4. The first-order chi connectivity index (χ1) is 32.1. The maximum atomic E-state index is 14.1. The quantitative estimate of drug-likeness (QED) is 0.0572. The summed E-state index contributed by atoms with van der Waals surface area (Å²) in [4.78, 5) is 61.0. The Bertz CT molecular complexity index is 2450. The van der Waals surface area contributed by atoms with Gasteiger partial charge in [0, 0.05) is 60.3 Å². The van der Waals surface area contributed by atoms with E-state index in [1.54, 1.807) is 41.7 Å². The predicted octanol–water partition coefficient (Wildman–Crippen LogP) is 8.22. The van der Waals surface area contributed by atoms with E-state index in [4.69, 9.17) is 21.1 Å². The number of β-amino-alcohol motifs (C(OH)–C–C–N with tert-alkyl or cyclic N) is 1. The van der Waals surface area contributed by atoms with E-state index in [0.29, 0.717) is 35.1 Å². The normalized spacial score (nSPS) is 20.3. The highest BCUT2D eigenvalue weighted by Crippen LogP contribution is 2.55. The Hall–Kier alpha value is -5.53. The number of carbonyl (C=O) groups excluding carboxylic acids is 4. The van der Waals surface area contributed by atoms with Crippen molar-refractivity contribution in [1.82, 2.24) is 25.8 Å². The zero-order chi connectivity index (χ0) is 49.6. The average molecular weight is 969 g/mol. The van der Waals surface area contributed by atoms with Gasteiger partial charge in [-0.1, -0.05) is 84.3 Å². The third-order valence-corrected chi connectivity index (χ3v) is 14.5. The van der Waals surface area contributed by atoms with Crippen molar-refractivity contribution in [2.45, 2.75) is 124 Å². The van der Waals surface area contributed by atoms with E-state index in [1.165, 1.54) is 4.90 Å². The first kappa shape index (κ1) is 51.9. The number of unbranched alkanes of at least 4 members (excludes halogenated alkanes) is 2. The molecule has 5 N–H and O–H groups in total. The first-order valence-electron chi connectivity index (χ1n) is 23.3. The number of aromatic nitrogens is 1. The van der Waals surface area contributed by atoms with Gasteiger partial charge in [-0.3, -0.25) is 19.2 Å². The van der Waals surface area contributed by atoms with Crippen molar-refractivity contribution in [2.75, 3.05) is 31.6 Å². The molecule has 2 heterocycles. The van der Waals surface area contributed by atoms with Gasteiger partial charge in [0.1, 0.15) is 36.6 Å². The summed E-state index contributed by atoms with van der Waals surface area (Å²) >= 11 is 7.81. The van der Waals surface area contributed by atoms with Gasteiger partial charge in [0.15, 0.2) is 0 Å². The van der Waals surface area contributed by atoms with Crippen molar-refractivity contribution < 1.29 is 33.8 Å². The number of nitrogens with zero attached hydrogens (tertiary/aromatic N) is 3. The molecule has 4 aromatic rings. The number of rotatable bonds is 19. The fourth-order valence-corrected chi connectivity index (χ4v) is 10.7. The number of nitriles is 1. The second-order valence-corrected chi connectivity index (χ2v) is 21.6. The molecule has 16 heteroatoms. The zero-order valence-corrected chi connectivity index (χ0v) is 42.1. The Morgan fingerprint density at radius 3 is 2.29 bits per heavy atom.